The summed E-state index contributed by atoms with van der Waals surface area (Å²) in [6, 6.07) is 0. The van der Waals surface area contributed by atoms with E-state index in [9.17, 15) is 4.79 Å². The van der Waals surface area contributed by atoms with Crippen LogP contribution in [-0.4, -0.2) is 24.4 Å². The second kappa shape index (κ2) is 4.85. The first-order chi connectivity index (χ1) is 4.80. The lowest BCUT2D eigenvalue weighted by molar-refractivity contribution is -0.126. The number of carbonyl (C=O) groups is 1. The van der Waals surface area contributed by atoms with Crippen LogP contribution in [0.25, 0.3) is 0 Å². The van der Waals surface area contributed by atoms with Gasteiger partial charge in [0.15, 0.2) is 0 Å². The van der Waals surface area contributed by atoms with Gasteiger partial charge in [-0.15, -0.1) is 0 Å². The first-order valence-corrected chi connectivity index (χ1v) is 3.46. The second-order valence-corrected chi connectivity index (χ2v) is 1.70. The maximum absolute atomic E-state index is 10.6. The third-order valence-electron chi connectivity index (χ3n) is 1.06. The molecule has 0 saturated carbocycles. The van der Waals surface area contributed by atoms with Crippen LogP contribution in [0, 0.1) is 0 Å². The molecule has 1 aliphatic heterocycles. The van der Waals surface area contributed by atoms with Crippen LogP contribution < -0.4 is 5.32 Å². The summed E-state index contributed by atoms with van der Waals surface area (Å²) < 4.78 is 0. The monoisotopic (exact) mass is 142 g/mol. The molecule has 0 radical (unpaired) electrons. The molecule has 0 unspecified atom stereocenters. The van der Waals surface area contributed by atoms with Gasteiger partial charge in [-0.2, -0.15) is 0 Å². The fraction of sp³-hybridized carbons (Fsp3) is 0.571. The minimum atomic E-state index is 0.104. The molecular weight excluding hydrogens is 128 g/mol. The van der Waals surface area contributed by atoms with Crippen LogP contribution in [0.4, 0.5) is 0 Å². The van der Waals surface area contributed by atoms with Gasteiger partial charge in [0, 0.05) is 19.4 Å². The van der Waals surface area contributed by atoms with Crippen LogP contribution in [0.15, 0.2) is 12.4 Å². The summed E-state index contributed by atoms with van der Waals surface area (Å²) in [6.45, 7) is 4.42. The molecule has 3 heteroatoms. The molecular formula is C7H14N2O. The van der Waals surface area contributed by atoms with Crippen molar-refractivity contribution in [2.75, 3.05) is 13.6 Å². The SMILES string of the molecule is CC.CN1C=CNCC1=O. The Kier molecular flexibility index (Phi) is 4.37. The number of rotatable bonds is 0. The molecule has 1 aliphatic rings. The van der Waals surface area contributed by atoms with Gasteiger partial charge in [-0.25, -0.2) is 0 Å². The number of nitrogens with one attached hydrogen (secondary N) is 1. The van der Waals surface area contributed by atoms with Gasteiger partial charge in [-0.05, 0) is 0 Å². The smallest absolute Gasteiger partial charge is 0.245 e. The number of carbonyl (C=O) groups excluding carboxylic acids is 1. The number of hydrogen-bond acceptors (Lipinski definition) is 2. The molecule has 3 nitrogen and oxygen atoms in total. The lowest BCUT2D eigenvalue weighted by atomic mass is 10.5. The molecule has 0 aromatic rings. The Hall–Kier alpha value is -0.990. The molecule has 58 valence electrons. The molecule has 0 aromatic heterocycles. The van der Waals surface area contributed by atoms with Crippen molar-refractivity contribution in [3.8, 4) is 0 Å². The minimum absolute atomic E-state index is 0.104. The van der Waals surface area contributed by atoms with E-state index in [0.717, 1.165) is 0 Å². The maximum atomic E-state index is 10.6. The number of nitrogens with zero attached hydrogens (tertiary/aromatic N) is 1. The van der Waals surface area contributed by atoms with Crippen LogP contribution in [0.3, 0.4) is 0 Å². The van der Waals surface area contributed by atoms with Crippen molar-refractivity contribution in [1.82, 2.24) is 10.2 Å². The Bertz CT molecular complexity index is 132. The van der Waals surface area contributed by atoms with Gasteiger partial charge >= 0.3 is 0 Å². The average molecular weight is 142 g/mol. The molecule has 0 aromatic carbocycles. The molecule has 0 bridgehead atoms. The van der Waals surface area contributed by atoms with Crippen molar-refractivity contribution >= 4 is 5.91 Å². The van der Waals surface area contributed by atoms with Crippen molar-refractivity contribution in [2.24, 2.45) is 0 Å². The van der Waals surface area contributed by atoms with E-state index in [1.165, 1.54) is 0 Å². The summed E-state index contributed by atoms with van der Waals surface area (Å²) in [5.74, 6) is 0.104. The van der Waals surface area contributed by atoms with Crippen LogP contribution in [0.5, 0.6) is 0 Å². The molecule has 0 fully saturated rings. The Morgan fingerprint density at radius 3 is 2.50 bits per heavy atom. The largest absolute Gasteiger partial charge is 0.381 e. The van der Waals surface area contributed by atoms with Crippen molar-refractivity contribution in [1.29, 1.82) is 0 Å². The van der Waals surface area contributed by atoms with Crippen molar-refractivity contribution in [3.63, 3.8) is 0 Å². The molecule has 1 amide bonds. The minimum Gasteiger partial charge on any atom is -0.381 e. The molecule has 1 heterocycles. The predicted molar refractivity (Wildman–Crippen MR) is 41.3 cm³/mol. The van der Waals surface area contributed by atoms with Gasteiger partial charge in [0.25, 0.3) is 0 Å². The third kappa shape index (κ3) is 2.53. The standard InChI is InChI=1S/C5H8N2O.C2H6/c1-7-3-2-6-4-5(7)8;1-2/h2-3,6H,4H2,1H3;1-2H3. The van der Waals surface area contributed by atoms with Gasteiger partial charge < -0.3 is 10.2 Å². The molecule has 0 spiro atoms. The van der Waals surface area contributed by atoms with E-state index >= 15 is 0 Å². The highest BCUT2D eigenvalue weighted by Crippen LogP contribution is 1.88. The zero-order valence-corrected chi connectivity index (χ0v) is 6.72. The normalized spacial score (nSPS) is 15.5. The van der Waals surface area contributed by atoms with Gasteiger partial charge in [-0.1, -0.05) is 13.8 Å². The lowest BCUT2D eigenvalue weighted by Crippen LogP contribution is -2.34. The van der Waals surface area contributed by atoms with Crippen LogP contribution in [-0.2, 0) is 4.79 Å². The molecule has 0 atom stereocenters. The highest BCUT2D eigenvalue weighted by atomic mass is 16.2. The van der Waals surface area contributed by atoms with E-state index < -0.39 is 0 Å². The highest BCUT2D eigenvalue weighted by Gasteiger charge is 2.06. The van der Waals surface area contributed by atoms with Gasteiger partial charge in [0.05, 0.1) is 6.54 Å². The van der Waals surface area contributed by atoms with Gasteiger partial charge in [0.2, 0.25) is 5.91 Å². The number of amides is 1. The van der Waals surface area contributed by atoms with Crippen molar-refractivity contribution < 1.29 is 4.79 Å². The van der Waals surface area contributed by atoms with E-state index in [2.05, 4.69) is 5.32 Å². The first kappa shape index (κ1) is 9.01. The number of hydrogen-bond donors (Lipinski definition) is 1. The average Bonchev–Trinajstić information content (AvgIpc) is 2.00. The Morgan fingerprint density at radius 2 is 2.20 bits per heavy atom. The molecule has 0 aliphatic carbocycles. The van der Waals surface area contributed by atoms with Crippen LogP contribution in [0.2, 0.25) is 0 Å². The first-order valence-electron chi connectivity index (χ1n) is 3.46. The van der Waals surface area contributed by atoms with Crippen molar-refractivity contribution in [3.05, 3.63) is 12.4 Å². The third-order valence-corrected chi connectivity index (χ3v) is 1.06. The summed E-state index contributed by atoms with van der Waals surface area (Å²) in [5.41, 5.74) is 0. The van der Waals surface area contributed by atoms with E-state index in [1.54, 1.807) is 24.3 Å². The lowest BCUT2D eigenvalue weighted by Gasteiger charge is -2.15. The molecule has 1 rings (SSSR count). The van der Waals surface area contributed by atoms with Crippen LogP contribution >= 0.6 is 0 Å². The topological polar surface area (TPSA) is 32.3 Å². The van der Waals surface area contributed by atoms with Gasteiger partial charge in [-0.3, -0.25) is 4.79 Å². The Morgan fingerprint density at radius 1 is 1.60 bits per heavy atom. The van der Waals surface area contributed by atoms with Crippen LogP contribution in [0.1, 0.15) is 13.8 Å². The summed E-state index contributed by atoms with van der Waals surface area (Å²) in [7, 11) is 1.74. The Labute approximate surface area is 61.7 Å². The number of likely N-dealkylation sites (N-methyl/N-ethyl adjacent to an activating group) is 1. The second-order valence-electron chi connectivity index (χ2n) is 1.70. The fourth-order valence-corrected chi connectivity index (χ4v) is 0.519. The van der Waals surface area contributed by atoms with Gasteiger partial charge in [0.1, 0.15) is 0 Å². The van der Waals surface area contributed by atoms with E-state index in [1.807, 2.05) is 13.8 Å². The highest BCUT2D eigenvalue weighted by molar-refractivity contribution is 5.79. The zero-order chi connectivity index (χ0) is 7.98. The maximum Gasteiger partial charge on any atom is 0.245 e. The quantitative estimate of drug-likeness (QED) is 0.535. The molecule has 1 N–H and O–H groups in total. The predicted octanol–water partition coefficient (Wildman–Crippen LogP) is 0.545. The van der Waals surface area contributed by atoms with E-state index in [-0.39, 0.29) is 5.91 Å². The summed E-state index contributed by atoms with van der Waals surface area (Å²) >= 11 is 0. The summed E-state index contributed by atoms with van der Waals surface area (Å²) in [4.78, 5) is 12.2. The Balaban J connectivity index is 0.000000371. The fourth-order valence-electron chi connectivity index (χ4n) is 0.519. The molecule has 0 saturated heterocycles. The van der Waals surface area contributed by atoms with Crippen molar-refractivity contribution in [2.45, 2.75) is 13.8 Å². The van der Waals surface area contributed by atoms with E-state index in [4.69, 9.17) is 0 Å². The summed E-state index contributed by atoms with van der Waals surface area (Å²) in [5, 5.41) is 2.79. The zero-order valence-electron chi connectivity index (χ0n) is 6.72. The van der Waals surface area contributed by atoms with E-state index in [0.29, 0.717) is 6.54 Å². The molecule has 10 heavy (non-hydrogen) atoms. The summed E-state index contributed by atoms with van der Waals surface area (Å²) in [6.07, 6.45) is 3.45.